The van der Waals surface area contributed by atoms with Gasteiger partial charge >= 0.3 is 0 Å². The number of nitrogens with zero attached hydrogens (tertiary/aromatic N) is 3. The second-order valence-corrected chi connectivity index (χ2v) is 11.5. The van der Waals surface area contributed by atoms with Crippen LogP contribution in [0.1, 0.15) is 49.3 Å². The summed E-state index contributed by atoms with van der Waals surface area (Å²) in [6, 6.07) is 15.1. The molecule has 1 aliphatic carbocycles. The van der Waals surface area contributed by atoms with Crippen molar-refractivity contribution in [2.75, 3.05) is 16.4 Å². The van der Waals surface area contributed by atoms with E-state index in [4.69, 9.17) is 34.7 Å². The Morgan fingerprint density at radius 1 is 1.14 bits per heavy atom. The quantitative estimate of drug-likeness (QED) is 0.333. The van der Waals surface area contributed by atoms with Gasteiger partial charge in [0, 0.05) is 39.3 Å². The Labute approximate surface area is 227 Å². The van der Waals surface area contributed by atoms with Crippen molar-refractivity contribution in [2.45, 2.75) is 32.6 Å². The Hall–Kier alpha value is -3.05. The zero-order valence-corrected chi connectivity index (χ0v) is 22.7. The average Bonchev–Trinajstić information content (AvgIpc) is 2.80. The van der Waals surface area contributed by atoms with E-state index in [0.717, 1.165) is 15.9 Å². The predicted molar refractivity (Wildman–Crippen MR) is 147 cm³/mol. The van der Waals surface area contributed by atoms with Crippen LogP contribution in [0.3, 0.4) is 0 Å². The lowest BCUT2D eigenvalue weighted by atomic mass is 9.68. The number of allylic oxidation sites excluding steroid dienone is 2. The molecule has 0 spiro atoms. The molecule has 5 rings (SSSR count). The molecule has 0 saturated carbocycles. The molecule has 9 heteroatoms. The molecule has 0 bridgehead atoms. The maximum Gasteiger partial charge on any atom is 0.162 e. The maximum absolute atomic E-state index is 13.9. The molecule has 6 nitrogen and oxygen atoms in total. The molecular weight excluding hydrogens is 561 g/mol. The van der Waals surface area contributed by atoms with E-state index in [0.29, 0.717) is 45.4 Å². The highest BCUT2D eigenvalue weighted by Gasteiger charge is 2.46. The monoisotopic (exact) mass is 581 g/mol. The number of nitrogen functional groups attached to an aromatic ring is 2. The minimum absolute atomic E-state index is 0.00946. The molecule has 36 heavy (non-hydrogen) atoms. The Bertz CT molecular complexity index is 1510. The average molecular weight is 583 g/mol. The molecule has 0 radical (unpaired) electrons. The van der Waals surface area contributed by atoms with Crippen LogP contribution < -0.4 is 16.4 Å². The smallest absolute Gasteiger partial charge is 0.162 e. The summed E-state index contributed by atoms with van der Waals surface area (Å²) in [5.74, 6) is -0.171. The van der Waals surface area contributed by atoms with Gasteiger partial charge in [-0.25, -0.2) is 4.98 Å². The van der Waals surface area contributed by atoms with Gasteiger partial charge in [0.15, 0.2) is 5.78 Å². The van der Waals surface area contributed by atoms with Gasteiger partial charge in [-0.3, -0.25) is 9.69 Å². The predicted octanol–water partition coefficient (Wildman–Crippen LogP) is 7.11. The lowest BCUT2D eigenvalue weighted by Gasteiger charge is -2.44. The lowest BCUT2D eigenvalue weighted by molar-refractivity contribution is -0.118. The second kappa shape index (κ2) is 8.81. The molecule has 2 aromatic carbocycles. The Kier molecular flexibility index (Phi) is 6.03. The number of carbonyl (C=O) groups excluding carboxylic acids is 1. The fraction of sp³-hybridized carbons (Fsp3) is 0.222. The number of aromatic nitrogens is 1. The summed E-state index contributed by atoms with van der Waals surface area (Å²) in [7, 11) is 0. The number of nitrogens with two attached hydrogens (primary N) is 2. The van der Waals surface area contributed by atoms with Gasteiger partial charge in [0.05, 0.1) is 15.7 Å². The van der Waals surface area contributed by atoms with Crippen molar-refractivity contribution in [3.8, 4) is 6.07 Å². The van der Waals surface area contributed by atoms with E-state index in [1.165, 1.54) is 0 Å². The molecule has 2 aliphatic rings. The summed E-state index contributed by atoms with van der Waals surface area (Å²) in [5.41, 5.74) is 16.1. The van der Waals surface area contributed by atoms with Crippen molar-refractivity contribution in [1.82, 2.24) is 4.98 Å². The van der Waals surface area contributed by atoms with Crippen LogP contribution in [0.5, 0.6) is 0 Å². The number of benzene rings is 2. The number of pyridine rings is 1. The fourth-order valence-electron chi connectivity index (χ4n) is 5.22. The molecule has 182 valence electrons. The second-order valence-electron chi connectivity index (χ2n) is 9.82. The van der Waals surface area contributed by atoms with Crippen molar-refractivity contribution in [3.63, 3.8) is 0 Å². The van der Waals surface area contributed by atoms with Crippen LogP contribution in [0.2, 0.25) is 10.0 Å². The molecule has 1 unspecified atom stereocenters. The number of fused-ring (bicyclic) bond motifs is 1. The number of rotatable bonds is 2. The SMILES string of the molecule is CC1(C)CC(=O)C2=C(C1)N(c1ccc(Br)cc1)c1nc(N)c(C#N)c(N)c1C2c1cccc(Cl)c1Cl. The van der Waals surface area contributed by atoms with Gasteiger partial charge in [0.25, 0.3) is 0 Å². The van der Waals surface area contributed by atoms with Gasteiger partial charge in [0.1, 0.15) is 23.3 Å². The summed E-state index contributed by atoms with van der Waals surface area (Å²) in [5, 5.41) is 10.5. The lowest BCUT2D eigenvalue weighted by Crippen LogP contribution is -2.39. The first-order chi connectivity index (χ1) is 17.0. The van der Waals surface area contributed by atoms with Gasteiger partial charge < -0.3 is 11.5 Å². The first-order valence-corrected chi connectivity index (χ1v) is 12.8. The highest BCUT2D eigenvalue weighted by molar-refractivity contribution is 9.10. The summed E-state index contributed by atoms with van der Waals surface area (Å²) < 4.78 is 0.910. The van der Waals surface area contributed by atoms with E-state index in [2.05, 4.69) is 40.8 Å². The van der Waals surface area contributed by atoms with Crippen molar-refractivity contribution < 1.29 is 4.79 Å². The third-order valence-corrected chi connectivity index (χ3v) is 8.09. The van der Waals surface area contributed by atoms with Crippen molar-refractivity contribution in [2.24, 2.45) is 5.41 Å². The number of carbonyl (C=O) groups is 1. The van der Waals surface area contributed by atoms with E-state index < -0.39 is 5.92 Å². The third kappa shape index (κ3) is 3.85. The zero-order chi connectivity index (χ0) is 25.9. The van der Waals surface area contributed by atoms with E-state index in [-0.39, 0.29) is 28.3 Å². The highest BCUT2D eigenvalue weighted by Crippen LogP contribution is 2.56. The van der Waals surface area contributed by atoms with Gasteiger partial charge in [-0.2, -0.15) is 5.26 Å². The number of ketones is 1. The van der Waals surface area contributed by atoms with Crippen LogP contribution in [0.4, 0.5) is 23.0 Å². The van der Waals surface area contributed by atoms with E-state index in [1.807, 2.05) is 35.2 Å². The Morgan fingerprint density at radius 2 is 1.83 bits per heavy atom. The molecular formula is C27H22BrCl2N5O. The minimum atomic E-state index is -0.656. The minimum Gasteiger partial charge on any atom is -0.397 e. The molecule has 4 N–H and O–H groups in total. The molecule has 1 aliphatic heterocycles. The largest absolute Gasteiger partial charge is 0.397 e. The van der Waals surface area contributed by atoms with Gasteiger partial charge in [-0.05, 0) is 47.7 Å². The maximum atomic E-state index is 13.9. The molecule has 2 heterocycles. The highest BCUT2D eigenvalue weighted by atomic mass is 79.9. The molecule has 0 fully saturated rings. The molecule has 0 saturated heterocycles. The molecule has 3 aromatic rings. The van der Waals surface area contributed by atoms with E-state index in [9.17, 15) is 10.1 Å². The van der Waals surface area contributed by atoms with Crippen molar-refractivity contribution in [1.29, 1.82) is 5.26 Å². The van der Waals surface area contributed by atoms with Gasteiger partial charge in [0.2, 0.25) is 0 Å². The summed E-state index contributed by atoms with van der Waals surface area (Å²) in [6.45, 7) is 4.14. The van der Waals surface area contributed by atoms with Crippen molar-refractivity contribution >= 4 is 67.9 Å². The summed E-state index contributed by atoms with van der Waals surface area (Å²) >= 11 is 16.6. The van der Waals surface area contributed by atoms with Gasteiger partial charge in [-0.1, -0.05) is 65.1 Å². The number of halogens is 3. The number of anilines is 4. The normalized spacial score (nSPS) is 18.5. The van der Waals surface area contributed by atoms with Gasteiger partial charge in [-0.15, -0.1) is 0 Å². The summed E-state index contributed by atoms with van der Waals surface area (Å²) in [4.78, 5) is 20.5. The molecule has 1 atom stereocenters. The Morgan fingerprint density at radius 3 is 2.50 bits per heavy atom. The number of hydrogen-bond acceptors (Lipinski definition) is 6. The topological polar surface area (TPSA) is 109 Å². The van der Waals surface area contributed by atoms with Crippen LogP contribution in [0.15, 0.2) is 58.2 Å². The fourth-order valence-corrected chi connectivity index (χ4v) is 5.90. The van der Waals surface area contributed by atoms with Crippen LogP contribution >= 0.6 is 39.1 Å². The number of hydrogen-bond donors (Lipinski definition) is 2. The number of Topliss-reactive ketones (excluding diaryl/α,β-unsaturated/α-hetero) is 1. The van der Waals surface area contributed by atoms with E-state index in [1.54, 1.807) is 12.1 Å². The van der Waals surface area contributed by atoms with E-state index >= 15 is 0 Å². The van der Waals surface area contributed by atoms with Crippen LogP contribution in [-0.2, 0) is 4.79 Å². The first-order valence-electron chi connectivity index (χ1n) is 11.3. The molecule has 1 aromatic heterocycles. The standard InChI is InChI=1S/C27H22BrCl2N5O/c1-27(2)10-18-21(19(36)11-27)20(15-4-3-5-17(29)23(15)30)22-24(32)16(12-31)25(33)34-26(22)35(18)14-8-6-13(28)7-9-14/h3-9,20H,10-11H2,1-2H3,(H4,32,33,34). The van der Waals surface area contributed by atoms with Crippen LogP contribution in [0.25, 0.3) is 0 Å². The van der Waals surface area contributed by atoms with Crippen LogP contribution in [-0.4, -0.2) is 10.8 Å². The first kappa shape index (κ1) is 24.6. The Balaban J connectivity index is 1.94. The zero-order valence-electron chi connectivity index (χ0n) is 19.6. The number of nitriles is 1. The van der Waals surface area contributed by atoms with Crippen molar-refractivity contribution in [3.05, 3.63) is 84.9 Å². The third-order valence-electron chi connectivity index (χ3n) is 6.73. The van der Waals surface area contributed by atoms with Crippen LogP contribution in [0, 0.1) is 16.7 Å². The summed E-state index contributed by atoms with van der Waals surface area (Å²) in [6.07, 6.45) is 0.969. The molecule has 0 amide bonds.